The Hall–Kier alpha value is -3.42. The number of aromatic amines is 1. The third kappa shape index (κ3) is 3.95. The van der Waals surface area contributed by atoms with Gasteiger partial charge >= 0.3 is 0 Å². The maximum atomic E-state index is 11.6. The fraction of sp³-hybridized carbons (Fsp3) is 0.300. The lowest BCUT2D eigenvalue weighted by molar-refractivity contribution is 0.417. The molecule has 5 N–H and O–H groups in total. The Morgan fingerprint density at radius 1 is 1.21 bits per heavy atom. The number of aliphatic imine (C=N–C) groups is 1. The van der Waals surface area contributed by atoms with E-state index < -0.39 is 0 Å². The number of methoxy groups -OCH3 is 1. The number of rotatable bonds is 5. The van der Waals surface area contributed by atoms with E-state index in [-0.39, 0.29) is 5.56 Å². The highest BCUT2D eigenvalue weighted by Crippen LogP contribution is 2.35. The van der Waals surface area contributed by atoms with Crippen LogP contribution in [0, 0.1) is 0 Å². The maximum Gasteiger partial charge on any atom is 0.249 e. The number of H-pyrrole nitrogens is 1. The molecule has 0 aliphatic carbocycles. The van der Waals surface area contributed by atoms with Crippen LogP contribution in [0.25, 0.3) is 5.57 Å². The van der Waals surface area contributed by atoms with Crippen molar-refractivity contribution in [2.75, 3.05) is 55.9 Å². The molecule has 0 radical (unpaired) electrons. The standard InChI is InChI=1S/C20H26N6O2/c1-23-13-14(12-21)16-10-17(22)19(28-2)11-18(16)26-7-5-25(6-8-26)15-3-4-24-20(27)9-15/h3-4,9-13H,5-8,21-22H2,1-2H3,(H,24,27). The third-order valence-electron chi connectivity index (χ3n) is 4.85. The van der Waals surface area contributed by atoms with E-state index in [9.17, 15) is 4.79 Å². The first kappa shape index (κ1) is 19.3. The molecule has 0 bridgehead atoms. The SMILES string of the molecule is CN=CC(=CN)c1cc(N)c(OC)cc1N1CCN(c2cc[nH]c(=O)c2)CC1. The summed E-state index contributed by atoms with van der Waals surface area (Å²) in [6.45, 7) is 3.15. The van der Waals surface area contributed by atoms with Gasteiger partial charge in [0, 0.05) is 86.5 Å². The molecule has 2 heterocycles. The van der Waals surface area contributed by atoms with Crippen LogP contribution in [-0.2, 0) is 0 Å². The van der Waals surface area contributed by atoms with Crippen LogP contribution in [0.1, 0.15) is 5.56 Å². The van der Waals surface area contributed by atoms with Crippen LogP contribution in [-0.4, -0.2) is 51.5 Å². The van der Waals surface area contributed by atoms with Crippen LogP contribution in [0.3, 0.4) is 0 Å². The Labute approximate surface area is 164 Å². The molecule has 1 aliphatic heterocycles. The van der Waals surface area contributed by atoms with Crippen molar-refractivity contribution < 1.29 is 4.74 Å². The highest BCUT2D eigenvalue weighted by atomic mass is 16.5. The van der Waals surface area contributed by atoms with Crippen LogP contribution in [0.15, 0.2) is 46.4 Å². The molecule has 1 aromatic carbocycles. The molecule has 148 valence electrons. The van der Waals surface area contributed by atoms with Gasteiger partial charge in [-0.2, -0.15) is 0 Å². The Morgan fingerprint density at radius 2 is 1.93 bits per heavy atom. The summed E-state index contributed by atoms with van der Waals surface area (Å²) in [5.41, 5.74) is 16.1. The van der Waals surface area contributed by atoms with E-state index in [1.54, 1.807) is 32.6 Å². The van der Waals surface area contributed by atoms with Gasteiger partial charge in [-0.25, -0.2) is 0 Å². The molecule has 1 saturated heterocycles. The van der Waals surface area contributed by atoms with Gasteiger partial charge in [-0.15, -0.1) is 0 Å². The van der Waals surface area contributed by atoms with Crippen molar-refractivity contribution in [3.05, 3.63) is 52.6 Å². The number of nitrogens with two attached hydrogens (primary N) is 2. The van der Waals surface area contributed by atoms with E-state index >= 15 is 0 Å². The van der Waals surface area contributed by atoms with E-state index in [1.807, 2.05) is 18.2 Å². The second-order valence-electron chi connectivity index (χ2n) is 6.51. The van der Waals surface area contributed by atoms with E-state index in [0.29, 0.717) is 11.4 Å². The number of aromatic nitrogens is 1. The van der Waals surface area contributed by atoms with E-state index in [4.69, 9.17) is 16.2 Å². The van der Waals surface area contributed by atoms with Gasteiger partial charge < -0.3 is 31.0 Å². The van der Waals surface area contributed by atoms with Gasteiger partial charge in [-0.1, -0.05) is 0 Å². The molecule has 8 nitrogen and oxygen atoms in total. The van der Waals surface area contributed by atoms with Crippen LogP contribution in [0.4, 0.5) is 17.1 Å². The van der Waals surface area contributed by atoms with Crippen molar-refractivity contribution in [3.8, 4) is 5.75 Å². The van der Waals surface area contributed by atoms with Gasteiger partial charge in [0.25, 0.3) is 0 Å². The number of hydrogen-bond acceptors (Lipinski definition) is 7. The minimum atomic E-state index is -0.0953. The molecular formula is C20H26N6O2. The number of nitrogens with one attached hydrogen (secondary N) is 1. The molecule has 0 unspecified atom stereocenters. The number of pyridine rings is 1. The van der Waals surface area contributed by atoms with Crippen molar-refractivity contribution in [3.63, 3.8) is 0 Å². The van der Waals surface area contributed by atoms with Gasteiger partial charge in [0.05, 0.1) is 12.8 Å². The molecule has 0 atom stereocenters. The molecule has 1 fully saturated rings. The first-order chi connectivity index (χ1) is 13.6. The maximum absolute atomic E-state index is 11.6. The molecular weight excluding hydrogens is 356 g/mol. The second-order valence-corrected chi connectivity index (χ2v) is 6.51. The zero-order chi connectivity index (χ0) is 20.1. The normalized spacial score (nSPS) is 15.3. The topological polar surface area (TPSA) is 113 Å². The average molecular weight is 382 g/mol. The highest BCUT2D eigenvalue weighted by Gasteiger charge is 2.22. The van der Waals surface area contributed by atoms with E-state index in [2.05, 4.69) is 19.8 Å². The zero-order valence-corrected chi connectivity index (χ0v) is 16.2. The number of piperazine rings is 1. The molecule has 0 saturated carbocycles. The molecule has 2 aromatic rings. The Kier molecular flexibility index (Phi) is 5.88. The quantitative estimate of drug-likeness (QED) is 0.531. The van der Waals surface area contributed by atoms with E-state index in [1.165, 1.54) is 6.20 Å². The van der Waals surface area contributed by atoms with Crippen molar-refractivity contribution in [1.82, 2.24) is 4.98 Å². The monoisotopic (exact) mass is 382 g/mol. The van der Waals surface area contributed by atoms with Crippen LogP contribution in [0.2, 0.25) is 0 Å². The van der Waals surface area contributed by atoms with Crippen LogP contribution in [0.5, 0.6) is 5.75 Å². The smallest absolute Gasteiger partial charge is 0.249 e. The van der Waals surface area contributed by atoms with Crippen LogP contribution < -0.4 is 31.6 Å². The summed E-state index contributed by atoms with van der Waals surface area (Å²) in [6, 6.07) is 7.36. The molecule has 0 spiro atoms. The Bertz CT molecular complexity index is 942. The number of nitrogen functional groups attached to an aromatic ring is 1. The summed E-state index contributed by atoms with van der Waals surface area (Å²) in [7, 11) is 3.31. The fourth-order valence-electron chi connectivity index (χ4n) is 3.43. The molecule has 0 amide bonds. The molecule has 8 heteroatoms. The number of anilines is 3. The molecule has 28 heavy (non-hydrogen) atoms. The van der Waals surface area contributed by atoms with Crippen molar-refractivity contribution in [2.45, 2.75) is 0 Å². The summed E-state index contributed by atoms with van der Waals surface area (Å²) >= 11 is 0. The summed E-state index contributed by atoms with van der Waals surface area (Å²) in [5.74, 6) is 0.626. The van der Waals surface area contributed by atoms with E-state index in [0.717, 1.165) is 48.7 Å². The molecule has 1 aliphatic rings. The molecule has 1 aromatic heterocycles. The lowest BCUT2D eigenvalue weighted by Crippen LogP contribution is -2.47. The minimum Gasteiger partial charge on any atom is -0.495 e. The summed E-state index contributed by atoms with van der Waals surface area (Å²) in [5, 5.41) is 0. The summed E-state index contributed by atoms with van der Waals surface area (Å²) < 4.78 is 5.42. The predicted octanol–water partition coefficient (Wildman–Crippen LogP) is 1.29. The lowest BCUT2D eigenvalue weighted by atomic mass is 10.0. The van der Waals surface area contributed by atoms with Crippen molar-refractivity contribution in [2.24, 2.45) is 10.7 Å². The number of hydrogen-bond donors (Lipinski definition) is 3. The number of nitrogens with zero attached hydrogens (tertiary/aromatic N) is 3. The van der Waals surface area contributed by atoms with Crippen LogP contribution >= 0.6 is 0 Å². The van der Waals surface area contributed by atoms with Gasteiger partial charge in [-0.3, -0.25) is 9.79 Å². The predicted molar refractivity (Wildman–Crippen MR) is 115 cm³/mol. The Morgan fingerprint density at radius 3 is 2.54 bits per heavy atom. The second kappa shape index (κ2) is 8.51. The summed E-state index contributed by atoms with van der Waals surface area (Å²) in [4.78, 5) is 22.8. The first-order valence-corrected chi connectivity index (χ1v) is 9.08. The van der Waals surface area contributed by atoms with Gasteiger partial charge in [-0.05, 0) is 12.1 Å². The summed E-state index contributed by atoms with van der Waals surface area (Å²) in [6.07, 6.45) is 4.93. The zero-order valence-electron chi connectivity index (χ0n) is 16.2. The van der Waals surface area contributed by atoms with Crippen molar-refractivity contribution >= 4 is 28.8 Å². The number of benzene rings is 1. The van der Waals surface area contributed by atoms with Gasteiger partial charge in [0.2, 0.25) is 5.56 Å². The Balaban J connectivity index is 1.90. The first-order valence-electron chi connectivity index (χ1n) is 9.08. The largest absolute Gasteiger partial charge is 0.495 e. The average Bonchev–Trinajstić information content (AvgIpc) is 2.72. The molecule has 3 rings (SSSR count). The van der Waals surface area contributed by atoms with Gasteiger partial charge in [0.15, 0.2) is 0 Å². The minimum absolute atomic E-state index is 0.0953. The van der Waals surface area contributed by atoms with Gasteiger partial charge in [0.1, 0.15) is 5.75 Å². The lowest BCUT2D eigenvalue weighted by Gasteiger charge is -2.38. The third-order valence-corrected chi connectivity index (χ3v) is 4.85. The fourth-order valence-corrected chi connectivity index (χ4v) is 3.43. The number of ether oxygens (including phenoxy) is 1. The number of allylic oxidation sites excluding steroid dienone is 1. The van der Waals surface area contributed by atoms with Crippen molar-refractivity contribution in [1.29, 1.82) is 0 Å². The highest BCUT2D eigenvalue weighted by molar-refractivity contribution is 6.12.